The van der Waals surface area contributed by atoms with Crippen molar-refractivity contribution >= 4 is 5.69 Å². The van der Waals surface area contributed by atoms with Crippen LogP contribution in [0.25, 0.3) is 0 Å². The smallest absolute Gasteiger partial charge is 0.118 e. The van der Waals surface area contributed by atoms with Crippen molar-refractivity contribution in [3.8, 4) is 5.75 Å². The number of benzene rings is 2. The van der Waals surface area contributed by atoms with Crippen molar-refractivity contribution in [2.24, 2.45) is 0 Å². The molecule has 2 aromatic carbocycles. The maximum absolute atomic E-state index is 9.54. The predicted molar refractivity (Wildman–Crippen MR) is 83.4 cm³/mol. The number of hydrogen-bond acceptors (Lipinski definition) is 2. The Hall–Kier alpha value is -1.96. The monoisotopic (exact) mass is 267 g/mol. The highest BCUT2D eigenvalue weighted by Gasteiger charge is 2.30. The number of anilines is 1. The molecule has 0 amide bonds. The van der Waals surface area contributed by atoms with E-state index in [9.17, 15) is 5.11 Å². The van der Waals surface area contributed by atoms with Crippen molar-refractivity contribution < 1.29 is 5.11 Å². The fourth-order valence-electron chi connectivity index (χ4n) is 2.91. The van der Waals surface area contributed by atoms with Crippen molar-refractivity contribution in [3.05, 3.63) is 59.2 Å². The van der Waals surface area contributed by atoms with E-state index in [2.05, 4.69) is 36.5 Å². The minimum Gasteiger partial charge on any atom is -0.508 e. The van der Waals surface area contributed by atoms with Gasteiger partial charge in [0.1, 0.15) is 5.75 Å². The maximum Gasteiger partial charge on any atom is 0.118 e. The molecule has 1 aliphatic carbocycles. The first-order valence-corrected chi connectivity index (χ1v) is 7.24. The van der Waals surface area contributed by atoms with Crippen molar-refractivity contribution in [3.63, 3.8) is 0 Å². The number of hydrogen-bond donors (Lipinski definition) is 2. The van der Waals surface area contributed by atoms with E-state index in [1.807, 2.05) is 19.1 Å². The van der Waals surface area contributed by atoms with E-state index in [0.717, 1.165) is 11.3 Å². The molecule has 20 heavy (non-hydrogen) atoms. The summed E-state index contributed by atoms with van der Waals surface area (Å²) in [5.41, 5.74) is 4.83. The SMILES string of the molecule is Cc1cccc(C2CC(Nc3ccc(O)c(C)c3)C2)c1. The number of aromatic hydroxyl groups is 1. The van der Waals surface area contributed by atoms with Crippen molar-refractivity contribution in [2.75, 3.05) is 5.32 Å². The number of phenols is 1. The molecule has 0 atom stereocenters. The quantitative estimate of drug-likeness (QED) is 0.809. The molecule has 2 aromatic rings. The van der Waals surface area contributed by atoms with Gasteiger partial charge in [-0.25, -0.2) is 0 Å². The Balaban J connectivity index is 1.59. The van der Waals surface area contributed by atoms with Crippen LogP contribution in [0.15, 0.2) is 42.5 Å². The molecule has 0 aromatic heterocycles. The van der Waals surface area contributed by atoms with Crippen LogP contribution in [0.1, 0.15) is 35.4 Å². The Labute approximate surface area is 120 Å². The first-order valence-electron chi connectivity index (χ1n) is 7.24. The number of phenolic OH excluding ortho intramolecular Hbond substituents is 1. The lowest BCUT2D eigenvalue weighted by Gasteiger charge is -2.37. The minimum atomic E-state index is 0.363. The van der Waals surface area contributed by atoms with E-state index >= 15 is 0 Å². The van der Waals surface area contributed by atoms with Crippen molar-refractivity contribution in [1.82, 2.24) is 0 Å². The molecule has 0 aliphatic heterocycles. The average molecular weight is 267 g/mol. The van der Waals surface area contributed by atoms with Gasteiger partial charge in [0.2, 0.25) is 0 Å². The molecule has 2 nitrogen and oxygen atoms in total. The van der Waals surface area contributed by atoms with Gasteiger partial charge in [-0.15, -0.1) is 0 Å². The Bertz CT molecular complexity index is 615. The molecule has 0 radical (unpaired) electrons. The molecule has 1 aliphatic rings. The van der Waals surface area contributed by atoms with E-state index in [-0.39, 0.29) is 0 Å². The highest BCUT2D eigenvalue weighted by molar-refractivity contribution is 5.51. The van der Waals surface area contributed by atoms with Crippen molar-refractivity contribution in [1.29, 1.82) is 0 Å². The van der Waals surface area contributed by atoms with Gasteiger partial charge in [-0.2, -0.15) is 0 Å². The Morgan fingerprint density at radius 3 is 2.55 bits per heavy atom. The minimum absolute atomic E-state index is 0.363. The van der Waals surface area contributed by atoms with Gasteiger partial charge in [0.15, 0.2) is 0 Å². The van der Waals surface area contributed by atoms with Gasteiger partial charge in [-0.3, -0.25) is 0 Å². The fourth-order valence-corrected chi connectivity index (χ4v) is 2.91. The van der Waals surface area contributed by atoms with E-state index < -0.39 is 0 Å². The first kappa shape index (κ1) is 13.0. The average Bonchev–Trinajstić information content (AvgIpc) is 2.37. The van der Waals surface area contributed by atoms with E-state index in [0.29, 0.717) is 17.7 Å². The Morgan fingerprint density at radius 2 is 1.85 bits per heavy atom. The number of nitrogens with one attached hydrogen (secondary N) is 1. The van der Waals surface area contributed by atoms with Crippen molar-refractivity contribution in [2.45, 2.75) is 38.6 Å². The third-order valence-electron chi connectivity index (χ3n) is 4.22. The summed E-state index contributed by atoms with van der Waals surface area (Å²) in [6.45, 7) is 4.08. The standard InChI is InChI=1S/C18H21NO/c1-12-4-3-5-14(8-12)15-10-17(11-15)19-16-6-7-18(20)13(2)9-16/h3-9,15,17,19-20H,10-11H2,1-2H3. The molecular formula is C18H21NO. The summed E-state index contributed by atoms with van der Waals surface area (Å²) >= 11 is 0. The molecular weight excluding hydrogens is 246 g/mol. The van der Waals surface area contributed by atoms with E-state index in [1.165, 1.54) is 24.0 Å². The molecule has 0 unspecified atom stereocenters. The molecule has 0 heterocycles. The lowest BCUT2D eigenvalue weighted by Crippen LogP contribution is -2.34. The molecule has 104 valence electrons. The lowest BCUT2D eigenvalue weighted by atomic mass is 9.75. The summed E-state index contributed by atoms with van der Waals surface area (Å²) in [7, 11) is 0. The molecule has 0 saturated heterocycles. The van der Waals surface area contributed by atoms with Crippen LogP contribution < -0.4 is 5.32 Å². The molecule has 0 spiro atoms. The predicted octanol–water partition coefficient (Wildman–Crippen LogP) is 4.37. The second kappa shape index (κ2) is 5.20. The van der Waals surface area contributed by atoms with Crippen LogP contribution in [0.3, 0.4) is 0 Å². The third-order valence-corrected chi connectivity index (χ3v) is 4.22. The normalized spacial score (nSPS) is 21.3. The van der Waals surface area contributed by atoms with E-state index in [4.69, 9.17) is 0 Å². The van der Waals surface area contributed by atoms with Gasteiger partial charge in [0.05, 0.1) is 0 Å². The summed E-state index contributed by atoms with van der Waals surface area (Å²) < 4.78 is 0. The zero-order valence-electron chi connectivity index (χ0n) is 12.1. The summed E-state index contributed by atoms with van der Waals surface area (Å²) in [5.74, 6) is 1.05. The molecule has 0 bridgehead atoms. The molecule has 1 fully saturated rings. The lowest BCUT2D eigenvalue weighted by molar-refractivity contribution is 0.374. The zero-order valence-corrected chi connectivity index (χ0v) is 12.1. The third kappa shape index (κ3) is 2.64. The number of aryl methyl sites for hydroxylation is 2. The second-order valence-corrected chi connectivity index (χ2v) is 5.92. The molecule has 2 heteroatoms. The number of rotatable bonds is 3. The highest BCUT2D eigenvalue weighted by atomic mass is 16.3. The summed E-state index contributed by atoms with van der Waals surface area (Å²) in [6.07, 6.45) is 2.37. The van der Waals surface area contributed by atoms with Gasteiger partial charge in [0, 0.05) is 11.7 Å². The van der Waals surface area contributed by atoms with Gasteiger partial charge in [-0.1, -0.05) is 29.8 Å². The van der Waals surface area contributed by atoms with Crippen LogP contribution in [-0.2, 0) is 0 Å². The second-order valence-electron chi connectivity index (χ2n) is 5.92. The Kier molecular flexibility index (Phi) is 3.39. The first-order chi connectivity index (χ1) is 9.61. The Morgan fingerprint density at radius 1 is 1.05 bits per heavy atom. The zero-order chi connectivity index (χ0) is 14.1. The molecule has 3 rings (SSSR count). The van der Waals surface area contributed by atoms with E-state index in [1.54, 1.807) is 6.07 Å². The highest BCUT2D eigenvalue weighted by Crippen LogP contribution is 2.39. The van der Waals surface area contributed by atoms with Gasteiger partial charge >= 0.3 is 0 Å². The van der Waals surface area contributed by atoms with Crippen LogP contribution >= 0.6 is 0 Å². The molecule has 2 N–H and O–H groups in total. The van der Waals surface area contributed by atoms with Crippen LogP contribution in [-0.4, -0.2) is 11.1 Å². The topological polar surface area (TPSA) is 32.3 Å². The maximum atomic E-state index is 9.54. The van der Waals surface area contributed by atoms with Crippen LogP contribution in [0, 0.1) is 13.8 Å². The van der Waals surface area contributed by atoms with Gasteiger partial charge in [-0.05, 0) is 61.9 Å². The fraction of sp³-hybridized carbons (Fsp3) is 0.333. The largest absolute Gasteiger partial charge is 0.508 e. The van der Waals surface area contributed by atoms with Gasteiger partial charge < -0.3 is 10.4 Å². The summed E-state index contributed by atoms with van der Waals surface area (Å²) in [5, 5.41) is 13.1. The molecule has 1 saturated carbocycles. The summed E-state index contributed by atoms with van der Waals surface area (Å²) in [6, 6.07) is 15.1. The van der Waals surface area contributed by atoms with Crippen LogP contribution in [0.5, 0.6) is 5.75 Å². The van der Waals surface area contributed by atoms with Gasteiger partial charge in [0.25, 0.3) is 0 Å². The summed E-state index contributed by atoms with van der Waals surface area (Å²) in [4.78, 5) is 0. The van der Waals surface area contributed by atoms with Crippen LogP contribution in [0.2, 0.25) is 0 Å². The van der Waals surface area contributed by atoms with Crippen LogP contribution in [0.4, 0.5) is 5.69 Å².